The van der Waals surface area contributed by atoms with Crippen molar-refractivity contribution >= 4 is 13.8 Å². The number of carbonyl (C=O) groups is 1. The lowest BCUT2D eigenvalue weighted by Crippen LogP contribution is -2.24. The minimum atomic E-state index is -4.27. The number of carboxylic acids is 1. The number of phosphoric ester groups is 1. The minimum absolute atomic E-state index is 0.0806. The fourth-order valence-corrected chi connectivity index (χ4v) is 2.24. The average Bonchev–Trinajstić information content (AvgIpc) is 2.36. The predicted octanol–water partition coefficient (Wildman–Crippen LogP) is 2.43. The molecule has 3 atom stereocenters. The molecule has 106 valence electrons. The summed E-state index contributed by atoms with van der Waals surface area (Å²) in [4.78, 5) is 20.2. The second kappa shape index (κ2) is 6.82. The molecule has 0 aromatic heterocycles. The maximum Gasteiger partial charge on any atom is 0.472 e. The highest BCUT2D eigenvalue weighted by Gasteiger charge is 2.30. The molecule has 0 fully saturated rings. The molecule has 19 heavy (non-hydrogen) atoms. The Morgan fingerprint density at radius 3 is 2.42 bits per heavy atom. The zero-order valence-electron chi connectivity index (χ0n) is 10.7. The van der Waals surface area contributed by atoms with Crippen molar-refractivity contribution in [1.82, 2.24) is 0 Å². The molecular formula is C12H17O6P. The number of aliphatic carboxylic acids is 1. The Morgan fingerprint density at radius 1 is 1.32 bits per heavy atom. The monoisotopic (exact) mass is 288 g/mol. The Labute approximate surface area is 111 Å². The van der Waals surface area contributed by atoms with Crippen molar-refractivity contribution in [2.45, 2.75) is 26.6 Å². The molecule has 6 nitrogen and oxygen atoms in total. The van der Waals surface area contributed by atoms with Crippen LogP contribution in [0.15, 0.2) is 30.3 Å². The van der Waals surface area contributed by atoms with Gasteiger partial charge in [-0.15, -0.1) is 0 Å². The van der Waals surface area contributed by atoms with E-state index >= 15 is 0 Å². The van der Waals surface area contributed by atoms with Crippen molar-refractivity contribution in [3.05, 3.63) is 35.9 Å². The van der Waals surface area contributed by atoms with Gasteiger partial charge in [-0.2, -0.15) is 0 Å². The first kappa shape index (κ1) is 15.9. The molecule has 2 N–H and O–H groups in total. The summed E-state index contributed by atoms with van der Waals surface area (Å²) in [5, 5.41) is 8.77. The summed E-state index contributed by atoms with van der Waals surface area (Å²) in [5.41, 5.74) is 0.722. The van der Waals surface area contributed by atoms with Crippen molar-refractivity contribution < 1.29 is 28.4 Å². The van der Waals surface area contributed by atoms with E-state index < -0.39 is 25.8 Å². The molecule has 0 aliphatic carbocycles. The van der Waals surface area contributed by atoms with Gasteiger partial charge in [0, 0.05) is 0 Å². The summed E-state index contributed by atoms with van der Waals surface area (Å²) in [6.07, 6.45) is -0.927. The molecule has 1 unspecified atom stereocenters. The molecule has 0 saturated carbocycles. The van der Waals surface area contributed by atoms with E-state index in [4.69, 9.17) is 14.2 Å². The zero-order chi connectivity index (χ0) is 14.5. The number of hydrogen-bond acceptors (Lipinski definition) is 4. The van der Waals surface area contributed by atoms with Gasteiger partial charge in [-0.1, -0.05) is 30.3 Å². The molecule has 0 saturated heterocycles. The highest BCUT2D eigenvalue weighted by atomic mass is 31.2. The summed E-state index contributed by atoms with van der Waals surface area (Å²) in [5.74, 6) is -2.00. The van der Waals surface area contributed by atoms with E-state index in [9.17, 15) is 14.3 Å². The van der Waals surface area contributed by atoms with Crippen LogP contribution in [-0.4, -0.2) is 22.1 Å². The topological polar surface area (TPSA) is 93.1 Å². The minimum Gasteiger partial charge on any atom is -0.481 e. The van der Waals surface area contributed by atoms with Crippen LogP contribution in [0.3, 0.4) is 0 Å². The van der Waals surface area contributed by atoms with Crippen LogP contribution in [0, 0.1) is 5.92 Å². The largest absolute Gasteiger partial charge is 0.481 e. The highest BCUT2D eigenvalue weighted by molar-refractivity contribution is 7.47. The van der Waals surface area contributed by atoms with Crippen LogP contribution in [0.1, 0.15) is 19.4 Å². The van der Waals surface area contributed by atoms with Crippen molar-refractivity contribution in [2.24, 2.45) is 5.92 Å². The van der Waals surface area contributed by atoms with E-state index in [1.807, 2.05) is 6.07 Å². The van der Waals surface area contributed by atoms with Gasteiger partial charge >= 0.3 is 13.8 Å². The highest BCUT2D eigenvalue weighted by Crippen LogP contribution is 2.46. The Kier molecular flexibility index (Phi) is 5.69. The van der Waals surface area contributed by atoms with E-state index in [1.165, 1.54) is 13.8 Å². The van der Waals surface area contributed by atoms with Crippen LogP contribution in [0.4, 0.5) is 0 Å². The van der Waals surface area contributed by atoms with Crippen LogP contribution in [0.25, 0.3) is 0 Å². The van der Waals surface area contributed by atoms with Crippen molar-refractivity contribution in [3.8, 4) is 0 Å². The molecule has 0 amide bonds. The lowest BCUT2D eigenvalue weighted by Gasteiger charge is -2.20. The molecular weight excluding hydrogens is 271 g/mol. The molecule has 7 heteroatoms. The standard InChI is InChI=1S/C12H17O6P/c1-9(12(13)14)10(2)18-19(15,16)17-8-11-6-4-3-5-7-11/h3-7,9-10H,8H2,1-2H3,(H,13,14)(H,15,16)/t9-,10+/m0/s1. The van der Waals surface area contributed by atoms with E-state index in [1.54, 1.807) is 24.3 Å². The van der Waals surface area contributed by atoms with Crippen LogP contribution >= 0.6 is 7.82 Å². The van der Waals surface area contributed by atoms with Gasteiger partial charge in [-0.3, -0.25) is 13.8 Å². The molecule has 0 radical (unpaired) electrons. The van der Waals surface area contributed by atoms with Crippen LogP contribution < -0.4 is 0 Å². The molecule has 1 aromatic carbocycles. The summed E-state index contributed by atoms with van der Waals surface area (Å²) < 4.78 is 21.2. The lowest BCUT2D eigenvalue weighted by atomic mass is 10.1. The molecule has 0 aliphatic heterocycles. The van der Waals surface area contributed by atoms with Gasteiger partial charge in [-0.05, 0) is 19.4 Å². The Bertz CT molecular complexity index is 461. The van der Waals surface area contributed by atoms with E-state index in [0.29, 0.717) is 0 Å². The predicted molar refractivity (Wildman–Crippen MR) is 68.4 cm³/mol. The molecule has 1 rings (SSSR count). The van der Waals surface area contributed by atoms with E-state index in [-0.39, 0.29) is 6.61 Å². The smallest absolute Gasteiger partial charge is 0.472 e. The van der Waals surface area contributed by atoms with Crippen molar-refractivity contribution in [1.29, 1.82) is 0 Å². The molecule has 1 aromatic rings. The summed E-state index contributed by atoms with van der Waals surface area (Å²) in [7, 11) is -4.27. The first-order valence-electron chi connectivity index (χ1n) is 5.74. The molecule has 0 heterocycles. The number of phosphoric acid groups is 1. The van der Waals surface area contributed by atoms with Crippen molar-refractivity contribution in [2.75, 3.05) is 0 Å². The van der Waals surface area contributed by atoms with Gasteiger partial charge in [0.15, 0.2) is 0 Å². The Morgan fingerprint density at radius 2 is 1.89 bits per heavy atom. The van der Waals surface area contributed by atoms with Gasteiger partial charge in [0.25, 0.3) is 0 Å². The maximum atomic E-state index is 11.6. The first-order valence-corrected chi connectivity index (χ1v) is 7.24. The fraction of sp³-hybridized carbons (Fsp3) is 0.417. The second-order valence-corrected chi connectivity index (χ2v) is 5.57. The number of benzene rings is 1. The third kappa shape index (κ3) is 5.53. The van der Waals surface area contributed by atoms with Gasteiger partial charge < -0.3 is 10.00 Å². The van der Waals surface area contributed by atoms with Gasteiger partial charge in [0.1, 0.15) is 0 Å². The molecule has 0 bridgehead atoms. The zero-order valence-corrected chi connectivity index (χ0v) is 11.6. The average molecular weight is 288 g/mol. The molecule has 0 aliphatic rings. The molecule has 0 spiro atoms. The van der Waals surface area contributed by atoms with Gasteiger partial charge in [0.2, 0.25) is 0 Å². The van der Waals surface area contributed by atoms with Crippen LogP contribution in [0.5, 0.6) is 0 Å². The summed E-state index contributed by atoms with van der Waals surface area (Å²) in [6, 6.07) is 8.84. The fourth-order valence-electron chi connectivity index (χ4n) is 1.26. The van der Waals surface area contributed by atoms with Crippen molar-refractivity contribution in [3.63, 3.8) is 0 Å². The van der Waals surface area contributed by atoms with E-state index in [0.717, 1.165) is 5.56 Å². The third-order valence-electron chi connectivity index (χ3n) is 2.63. The summed E-state index contributed by atoms with van der Waals surface area (Å²) in [6.45, 7) is 2.72. The Hall–Kier alpha value is -1.20. The Balaban J connectivity index is 2.52. The number of hydrogen-bond donors (Lipinski definition) is 2. The number of rotatable bonds is 7. The third-order valence-corrected chi connectivity index (χ3v) is 3.68. The van der Waals surface area contributed by atoms with E-state index in [2.05, 4.69) is 0 Å². The maximum absolute atomic E-state index is 11.6. The first-order chi connectivity index (χ1) is 8.82. The SMILES string of the molecule is C[C@H](C(=O)O)[C@@H](C)OP(=O)(O)OCc1ccccc1. The number of carboxylic acid groups (broad SMARTS) is 1. The second-order valence-electron chi connectivity index (χ2n) is 4.17. The van der Waals surface area contributed by atoms with Gasteiger partial charge in [0.05, 0.1) is 18.6 Å². The summed E-state index contributed by atoms with van der Waals surface area (Å²) >= 11 is 0. The van der Waals surface area contributed by atoms with Crippen LogP contribution in [0.2, 0.25) is 0 Å². The van der Waals surface area contributed by atoms with Gasteiger partial charge in [-0.25, -0.2) is 4.57 Å². The quantitative estimate of drug-likeness (QED) is 0.748. The normalized spacial score (nSPS) is 17.4. The van der Waals surface area contributed by atoms with Crippen LogP contribution in [-0.2, 0) is 25.0 Å². The lowest BCUT2D eigenvalue weighted by molar-refractivity contribution is -0.144.